The number of aromatic nitrogens is 2. The topological polar surface area (TPSA) is 57.8 Å². The molecule has 4 nitrogen and oxygen atoms in total. The van der Waals surface area contributed by atoms with E-state index in [1.165, 1.54) is 6.07 Å². The highest BCUT2D eigenvalue weighted by molar-refractivity contribution is 5.54. The maximum Gasteiger partial charge on any atom is 0.255 e. The standard InChI is InChI=1S/C15H16FN3O/c1-9-8-10(6-7-12(9)16)17-15-18-13-5-3-2-4-11(13)14(20)19-15/h6-8H,2-5H2,1H3,(H2,17,18,19,20). The molecule has 5 heteroatoms. The van der Waals surface area contributed by atoms with Gasteiger partial charge in [0.05, 0.1) is 5.69 Å². The quantitative estimate of drug-likeness (QED) is 0.884. The van der Waals surface area contributed by atoms with Gasteiger partial charge in [-0.25, -0.2) is 9.37 Å². The average molecular weight is 273 g/mol. The maximum atomic E-state index is 13.2. The summed E-state index contributed by atoms with van der Waals surface area (Å²) in [4.78, 5) is 19.2. The van der Waals surface area contributed by atoms with Crippen molar-refractivity contribution < 1.29 is 4.39 Å². The van der Waals surface area contributed by atoms with Gasteiger partial charge in [-0.15, -0.1) is 0 Å². The first kappa shape index (κ1) is 12.8. The van der Waals surface area contributed by atoms with Gasteiger partial charge < -0.3 is 5.32 Å². The Morgan fingerprint density at radius 1 is 1.30 bits per heavy atom. The van der Waals surface area contributed by atoms with Crippen LogP contribution < -0.4 is 10.9 Å². The van der Waals surface area contributed by atoms with Gasteiger partial charge in [-0.1, -0.05) is 0 Å². The van der Waals surface area contributed by atoms with E-state index in [-0.39, 0.29) is 11.4 Å². The van der Waals surface area contributed by atoms with Crippen LogP contribution >= 0.6 is 0 Å². The SMILES string of the molecule is Cc1cc(Nc2nc3c(c(=O)[nH]2)CCCC3)ccc1F. The van der Waals surface area contributed by atoms with Crippen molar-refractivity contribution >= 4 is 11.6 Å². The number of halogens is 1. The summed E-state index contributed by atoms with van der Waals surface area (Å²) in [5.74, 6) is 0.170. The Bertz CT molecular complexity index is 709. The molecule has 0 saturated carbocycles. The molecule has 3 rings (SSSR count). The second-order valence-corrected chi connectivity index (χ2v) is 5.14. The molecule has 2 N–H and O–H groups in total. The summed E-state index contributed by atoms with van der Waals surface area (Å²) in [6, 6.07) is 4.71. The molecule has 0 amide bonds. The average Bonchev–Trinajstić information content (AvgIpc) is 2.43. The lowest BCUT2D eigenvalue weighted by Gasteiger charge is -2.15. The number of nitrogens with one attached hydrogen (secondary N) is 2. The molecule has 0 saturated heterocycles. The van der Waals surface area contributed by atoms with E-state index >= 15 is 0 Å². The number of anilines is 2. The van der Waals surface area contributed by atoms with Gasteiger partial charge in [0.1, 0.15) is 5.82 Å². The normalized spacial score (nSPS) is 13.9. The van der Waals surface area contributed by atoms with E-state index in [0.29, 0.717) is 17.2 Å². The van der Waals surface area contributed by atoms with Crippen LogP contribution in [0.2, 0.25) is 0 Å². The summed E-state index contributed by atoms with van der Waals surface area (Å²) >= 11 is 0. The van der Waals surface area contributed by atoms with E-state index in [0.717, 1.165) is 36.9 Å². The molecule has 0 aliphatic heterocycles. The summed E-state index contributed by atoms with van der Waals surface area (Å²) in [6.07, 6.45) is 3.75. The van der Waals surface area contributed by atoms with Crippen molar-refractivity contribution in [2.45, 2.75) is 32.6 Å². The van der Waals surface area contributed by atoms with Crippen LogP contribution in [0.3, 0.4) is 0 Å². The number of fused-ring (bicyclic) bond motifs is 1. The number of aryl methyl sites for hydroxylation is 2. The lowest BCUT2D eigenvalue weighted by molar-refractivity contribution is 0.619. The third kappa shape index (κ3) is 2.43. The highest BCUT2D eigenvalue weighted by Gasteiger charge is 2.15. The molecule has 2 aromatic rings. The zero-order valence-corrected chi connectivity index (χ0v) is 11.3. The van der Waals surface area contributed by atoms with Crippen molar-refractivity contribution in [3.05, 3.63) is 51.2 Å². The Morgan fingerprint density at radius 3 is 2.90 bits per heavy atom. The van der Waals surface area contributed by atoms with Crippen LogP contribution in [-0.2, 0) is 12.8 Å². The minimum atomic E-state index is -0.248. The van der Waals surface area contributed by atoms with Gasteiger partial charge in [0.2, 0.25) is 5.95 Å². The molecule has 0 radical (unpaired) electrons. The Kier molecular flexibility index (Phi) is 3.26. The predicted molar refractivity (Wildman–Crippen MR) is 75.9 cm³/mol. The molecule has 0 spiro atoms. The number of hydrogen-bond acceptors (Lipinski definition) is 3. The lowest BCUT2D eigenvalue weighted by atomic mass is 9.97. The van der Waals surface area contributed by atoms with Crippen molar-refractivity contribution in [1.29, 1.82) is 0 Å². The number of rotatable bonds is 2. The number of nitrogens with zero attached hydrogens (tertiary/aromatic N) is 1. The van der Waals surface area contributed by atoms with Crippen LogP contribution in [0, 0.1) is 12.7 Å². The van der Waals surface area contributed by atoms with Crippen molar-refractivity contribution in [2.24, 2.45) is 0 Å². The van der Waals surface area contributed by atoms with Crippen molar-refractivity contribution in [3.63, 3.8) is 0 Å². The molecular weight excluding hydrogens is 257 g/mol. The van der Waals surface area contributed by atoms with E-state index in [1.54, 1.807) is 19.1 Å². The minimum absolute atomic E-state index is 0.0731. The highest BCUT2D eigenvalue weighted by atomic mass is 19.1. The van der Waals surface area contributed by atoms with Gasteiger partial charge in [0, 0.05) is 11.3 Å². The van der Waals surface area contributed by atoms with Gasteiger partial charge in [0.15, 0.2) is 0 Å². The number of aromatic amines is 1. The first-order valence-electron chi connectivity index (χ1n) is 6.79. The molecule has 1 aliphatic carbocycles. The first-order chi connectivity index (χ1) is 9.63. The number of H-pyrrole nitrogens is 1. The fourth-order valence-corrected chi connectivity index (χ4v) is 2.52. The molecule has 0 fully saturated rings. The summed E-state index contributed by atoms with van der Waals surface area (Å²) in [6.45, 7) is 1.70. The third-order valence-electron chi connectivity index (χ3n) is 3.61. The van der Waals surface area contributed by atoms with Crippen LogP contribution in [0.5, 0.6) is 0 Å². The molecule has 1 aromatic carbocycles. The van der Waals surface area contributed by atoms with Gasteiger partial charge in [-0.3, -0.25) is 9.78 Å². The van der Waals surface area contributed by atoms with E-state index in [2.05, 4.69) is 15.3 Å². The number of hydrogen-bond donors (Lipinski definition) is 2. The maximum absolute atomic E-state index is 13.2. The molecule has 0 unspecified atom stereocenters. The molecule has 1 aromatic heterocycles. The zero-order chi connectivity index (χ0) is 14.1. The summed E-state index contributed by atoms with van der Waals surface area (Å²) < 4.78 is 13.2. The summed E-state index contributed by atoms with van der Waals surface area (Å²) in [5.41, 5.74) is 2.87. The molecule has 0 atom stereocenters. The lowest BCUT2D eigenvalue weighted by Crippen LogP contribution is -2.22. The van der Waals surface area contributed by atoms with Gasteiger partial charge in [-0.05, 0) is 56.4 Å². The monoisotopic (exact) mass is 273 g/mol. The van der Waals surface area contributed by atoms with Gasteiger partial charge in [-0.2, -0.15) is 0 Å². The minimum Gasteiger partial charge on any atom is -0.326 e. The fourth-order valence-electron chi connectivity index (χ4n) is 2.52. The molecule has 20 heavy (non-hydrogen) atoms. The molecular formula is C15H16FN3O. The van der Waals surface area contributed by atoms with Crippen LogP contribution in [0.25, 0.3) is 0 Å². The summed E-state index contributed by atoms with van der Waals surface area (Å²) in [5, 5.41) is 3.03. The van der Waals surface area contributed by atoms with Crippen molar-refractivity contribution in [3.8, 4) is 0 Å². The molecule has 1 aliphatic rings. The van der Waals surface area contributed by atoms with Crippen LogP contribution in [-0.4, -0.2) is 9.97 Å². The second kappa shape index (κ2) is 5.07. The zero-order valence-electron chi connectivity index (χ0n) is 11.3. The first-order valence-corrected chi connectivity index (χ1v) is 6.79. The Morgan fingerprint density at radius 2 is 2.10 bits per heavy atom. The molecule has 1 heterocycles. The molecule has 104 valence electrons. The van der Waals surface area contributed by atoms with Gasteiger partial charge in [0.25, 0.3) is 5.56 Å². The Hall–Kier alpha value is -2.17. The smallest absolute Gasteiger partial charge is 0.255 e. The Labute approximate surface area is 116 Å². The molecule has 0 bridgehead atoms. The van der Waals surface area contributed by atoms with E-state index in [9.17, 15) is 9.18 Å². The van der Waals surface area contributed by atoms with E-state index < -0.39 is 0 Å². The van der Waals surface area contributed by atoms with Gasteiger partial charge >= 0.3 is 0 Å². The van der Waals surface area contributed by atoms with Crippen LogP contribution in [0.4, 0.5) is 16.0 Å². The van der Waals surface area contributed by atoms with E-state index in [4.69, 9.17) is 0 Å². The van der Waals surface area contributed by atoms with Crippen molar-refractivity contribution in [1.82, 2.24) is 9.97 Å². The van der Waals surface area contributed by atoms with E-state index in [1.807, 2.05) is 0 Å². The second-order valence-electron chi connectivity index (χ2n) is 5.14. The Balaban J connectivity index is 1.93. The third-order valence-corrected chi connectivity index (χ3v) is 3.61. The number of benzene rings is 1. The fraction of sp³-hybridized carbons (Fsp3) is 0.333. The van der Waals surface area contributed by atoms with Crippen LogP contribution in [0.1, 0.15) is 29.7 Å². The largest absolute Gasteiger partial charge is 0.326 e. The highest BCUT2D eigenvalue weighted by Crippen LogP contribution is 2.20. The predicted octanol–water partition coefficient (Wildman–Crippen LogP) is 2.84. The summed E-state index contributed by atoms with van der Waals surface area (Å²) in [7, 11) is 0. The van der Waals surface area contributed by atoms with Crippen molar-refractivity contribution in [2.75, 3.05) is 5.32 Å². The van der Waals surface area contributed by atoms with Crippen LogP contribution in [0.15, 0.2) is 23.0 Å².